The first-order valence-corrected chi connectivity index (χ1v) is 7.71. The van der Waals surface area contributed by atoms with Gasteiger partial charge in [0, 0.05) is 45.9 Å². The zero-order valence-electron chi connectivity index (χ0n) is 13.1. The van der Waals surface area contributed by atoms with Crippen molar-refractivity contribution in [1.82, 2.24) is 24.2 Å². The second-order valence-electron chi connectivity index (χ2n) is 5.23. The second kappa shape index (κ2) is 6.47. The SMILES string of the molecule is CCn1nc(C)c2nc(CCCl)n(CCC(=O)N(C)C)c21. The van der Waals surface area contributed by atoms with Gasteiger partial charge in [-0.05, 0) is 13.8 Å². The van der Waals surface area contributed by atoms with Crippen molar-refractivity contribution in [2.75, 3.05) is 20.0 Å². The lowest BCUT2D eigenvalue weighted by molar-refractivity contribution is -0.128. The maximum Gasteiger partial charge on any atom is 0.223 e. The molecule has 0 radical (unpaired) electrons. The third-order valence-corrected chi connectivity index (χ3v) is 3.73. The van der Waals surface area contributed by atoms with E-state index < -0.39 is 0 Å². The fourth-order valence-corrected chi connectivity index (χ4v) is 2.60. The molecule has 0 aliphatic carbocycles. The molecule has 0 aliphatic heterocycles. The highest BCUT2D eigenvalue weighted by Crippen LogP contribution is 2.21. The fourth-order valence-electron chi connectivity index (χ4n) is 2.43. The Labute approximate surface area is 129 Å². The number of aryl methyl sites for hydroxylation is 4. The molecule has 2 aromatic heterocycles. The molecule has 6 nitrogen and oxygen atoms in total. The van der Waals surface area contributed by atoms with Gasteiger partial charge in [0.25, 0.3) is 0 Å². The Morgan fingerprint density at radius 1 is 1.38 bits per heavy atom. The molecule has 0 aromatic carbocycles. The van der Waals surface area contributed by atoms with E-state index in [1.807, 2.05) is 11.6 Å². The van der Waals surface area contributed by atoms with Crippen molar-refractivity contribution >= 4 is 28.7 Å². The number of aromatic nitrogens is 4. The Morgan fingerprint density at radius 3 is 2.67 bits per heavy atom. The number of carbonyl (C=O) groups excluding carboxylic acids is 1. The van der Waals surface area contributed by atoms with Crippen molar-refractivity contribution in [3.05, 3.63) is 11.5 Å². The molecular formula is C14H22ClN5O. The van der Waals surface area contributed by atoms with Gasteiger partial charge in [0.1, 0.15) is 11.3 Å². The van der Waals surface area contributed by atoms with Crippen molar-refractivity contribution in [2.45, 2.75) is 39.8 Å². The molecule has 0 atom stereocenters. The summed E-state index contributed by atoms with van der Waals surface area (Å²) in [5, 5.41) is 4.50. The number of carbonyl (C=O) groups is 1. The van der Waals surface area contributed by atoms with Crippen molar-refractivity contribution in [2.24, 2.45) is 0 Å². The van der Waals surface area contributed by atoms with Gasteiger partial charge in [-0.25, -0.2) is 9.67 Å². The third kappa shape index (κ3) is 3.05. The second-order valence-corrected chi connectivity index (χ2v) is 5.61. The molecule has 0 spiro atoms. The van der Waals surface area contributed by atoms with Crippen molar-refractivity contribution in [3.8, 4) is 0 Å². The van der Waals surface area contributed by atoms with E-state index in [0.29, 0.717) is 25.3 Å². The molecule has 0 saturated heterocycles. The molecule has 2 aromatic rings. The molecule has 0 N–H and O–H groups in total. The average Bonchev–Trinajstić information content (AvgIpc) is 2.94. The number of imidazole rings is 1. The highest BCUT2D eigenvalue weighted by atomic mass is 35.5. The zero-order valence-corrected chi connectivity index (χ0v) is 13.8. The van der Waals surface area contributed by atoms with Crippen molar-refractivity contribution in [1.29, 1.82) is 0 Å². The number of hydrogen-bond donors (Lipinski definition) is 0. The maximum absolute atomic E-state index is 11.8. The van der Waals surface area contributed by atoms with Crippen LogP contribution in [0, 0.1) is 6.92 Å². The predicted molar refractivity (Wildman–Crippen MR) is 83.7 cm³/mol. The Bertz CT molecular complexity index is 643. The van der Waals surface area contributed by atoms with Crippen LogP contribution in [0.2, 0.25) is 0 Å². The molecule has 2 heterocycles. The summed E-state index contributed by atoms with van der Waals surface area (Å²) >= 11 is 5.88. The van der Waals surface area contributed by atoms with Crippen LogP contribution in [-0.2, 0) is 24.3 Å². The van der Waals surface area contributed by atoms with Crippen LogP contribution in [0.25, 0.3) is 11.2 Å². The summed E-state index contributed by atoms with van der Waals surface area (Å²) in [5.74, 6) is 1.54. The van der Waals surface area contributed by atoms with Gasteiger partial charge in [-0.3, -0.25) is 4.79 Å². The summed E-state index contributed by atoms with van der Waals surface area (Å²) in [7, 11) is 3.54. The lowest BCUT2D eigenvalue weighted by Crippen LogP contribution is -2.23. The molecule has 0 saturated carbocycles. The Hall–Kier alpha value is -1.56. The molecule has 0 fully saturated rings. The molecule has 0 bridgehead atoms. The summed E-state index contributed by atoms with van der Waals surface area (Å²) in [6.07, 6.45) is 1.14. The Morgan fingerprint density at radius 2 is 2.10 bits per heavy atom. The summed E-state index contributed by atoms with van der Waals surface area (Å²) in [6, 6.07) is 0. The number of amides is 1. The van der Waals surface area contributed by atoms with Gasteiger partial charge in [0.05, 0.1) is 5.69 Å². The molecule has 0 unspecified atom stereocenters. The molecule has 7 heteroatoms. The van der Waals surface area contributed by atoms with Crippen LogP contribution in [0.1, 0.15) is 24.9 Å². The fraction of sp³-hybridized carbons (Fsp3) is 0.643. The van der Waals surface area contributed by atoms with Crippen LogP contribution >= 0.6 is 11.6 Å². The van der Waals surface area contributed by atoms with E-state index in [-0.39, 0.29) is 5.91 Å². The van der Waals surface area contributed by atoms with Crippen molar-refractivity contribution < 1.29 is 4.79 Å². The van der Waals surface area contributed by atoms with Crippen LogP contribution in [-0.4, -0.2) is 50.1 Å². The van der Waals surface area contributed by atoms with Gasteiger partial charge in [-0.15, -0.1) is 11.6 Å². The van der Waals surface area contributed by atoms with Crippen LogP contribution in [0.3, 0.4) is 0 Å². The van der Waals surface area contributed by atoms with E-state index in [9.17, 15) is 4.79 Å². The quantitative estimate of drug-likeness (QED) is 0.765. The van der Waals surface area contributed by atoms with E-state index in [1.165, 1.54) is 0 Å². The maximum atomic E-state index is 11.8. The standard InChI is InChI=1S/C14H22ClN5O/c1-5-20-14-13(10(2)17-20)16-11(6-8-15)19(14)9-7-12(21)18(3)4/h5-9H2,1-4H3. The van der Waals surface area contributed by atoms with Crippen LogP contribution in [0.4, 0.5) is 0 Å². The minimum Gasteiger partial charge on any atom is -0.349 e. The zero-order chi connectivity index (χ0) is 15.6. The number of halogens is 1. The summed E-state index contributed by atoms with van der Waals surface area (Å²) < 4.78 is 4.03. The van der Waals surface area contributed by atoms with E-state index in [4.69, 9.17) is 11.6 Å². The topological polar surface area (TPSA) is 56.0 Å². The first-order chi connectivity index (χ1) is 9.99. The van der Waals surface area contributed by atoms with Crippen LogP contribution in [0.15, 0.2) is 0 Å². The normalized spacial score (nSPS) is 11.3. The monoisotopic (exact) mass is 311 g/mol. The molecule has 2 rings (SSSR count). The first kappa shape index (κ1) is 15.8. The lowest BCUT2D eigenvalue weighted by atomic mass is 10.3. The highest BCUT2D eigenvalue weighted by molar-refractivity contribution is 6.17. The van der Waals surface area contributed by atoms with Crippen LogP contribution in [0.5, 0.6) is 0 Å². The number of hydrogen-bond acceptors (Lipinski definition) is 3. The minimum atomic E-state index is 0.105. The third-order valence-electron chi connectivity index (χ3n) is 3.54. The number of rotatable bonds is 6. The average molecular weight is 312 g/mol. The number of nitrogens with zero attached hydrogens (tertiary/aromatic N) is 5. The van der Waals surface area contributed by atoms with Gasteiger partial charge < -0.3 is 9.47 Å². The predicted octanol–water partition coefficient (Wildman–Crippen LogP) is 1.82. The number of fused-ring (bicyclic) bond motifs is 1. The van der Waals surface area contributed by atoms with Crippen molar-refractivity contribution in [3.63, 3.8) is 0 Å². The first-order valence-electron chi connectivity index (χ1n) is 7.18. The lowest BCUT2D eigenvalue weighted by Gasteiger charge is -2.13. The van der Waals surface area contributed by atoms with Gasteiger partial charge in [-0.2, -0.15) is 5.10 Å². The molecule has 21 heavy (non-hydrogen) atoms. The Balaban J connectivity index is 2.42. The smallest absolute Gasteiger partial charge is 0.223 e. The van der Waals surface area contributed by atoms with E-state index in [2.05, 4.69) is 21.6 Å². The van der Waals surface area contributed by atoms with Gasteiger partial charge in [0.2, 0.25) is 5.91 Å². The molecule has 116 valence electrons. The van der Waals surface area contributed by atoms with E-state index in [0.717, 1.165) is 29.2 Å². The summed E-state index contributed by atoms with van der Waals surface area (Å²) in [4.78, 5) is 18.1. The molecule has 0 aliphatic rings. The highest BCUT2D eigenvalue weighted by Gasteiger charge is 2.18. The van der Waals surface area contributed by atoms with Gasteiger partial charge >= 0.3 is 0 Å². The minimum absolute atomic E-state index is 0.105. The number of alkyl halides is 1. The summed E-state index contributed by atoms with van der Waals surface area (Å²) in [5.41, 5.74) is 2.82. The van der Waals surface area contributed by atoms with Gasteiger partial charge in [-0.1, -0.05) is 0 Å². The van der Waals surface area contributed by atoms with E-state index >= 15 is 0 Å². The van der Waals surface area contributed by atoms with E-state index in [1.54, 1.807) is 19.0 Å². The Kier molecular flexibility index (Phi) is 4.88. The molecule has 1 amide bonds. The van der Waals surface area contributed by atoms with Crippen LogP contribution < -0.4 is 0 Å². The van der Waals surface area contributed by atoms with Gasteiger partial charge in [0.15, 0.2) is 5.65 Å². The molecular weight excluding hydrogens is 290 g/mol. The largest absolute Gasteiger partial charge is 0.349 e. The summed E-state index contributed by atoms with van der Waals surface area (Å²) in [6.45, 7) is 5.39.